The summed E-state index contributed by atoms with van der Waals surface area (Å²) in [6.45, 7) is 1.85. The highest BCUT2D eigenvalue weighted by atomic mass is 32.1. The van der Waals surface area contributed by atoms with Crippen LogP contribution in [0.4, 0.5) is 10.5 Å². The molecular weight excluding hydrogens is 376 g/mol. The van der Waals surface area contributed by atoms with Crippen molar-refractivity contribution >= 4 is 34.9 Å². The molecule has 7 nitrogen and oxygen atoms in total. The minimum atomic E-state index is -0.490. The van der Waals surface area contributed by atoms with E-state index in [1.165, 1.54) is 0 Å². The van der Waals surface area contributed by atoms with Gasteiger partial charge in [-0.2, -0.15) is 0 Å². The second-order valence-electron chi connectivity index (χ2n) is 6.72. The number of nitrogens with zero attached hydrogens (tertiary/aromatic N) is 1. The lowest BCUT2D eigenvalue weighted by molar-refractivity contribution is -0.122. The predicted octanol–water partition coefficient (Wildman–Crippen LogP) is 2.42. The van der Waals surface area contributed by atoms with Gasteiger partial charge in [-0.25, -0.2) is 4.79 Å². The molecule has 0 saturated carbocycles. The van der Waals surface area contributed by atoms with Crippen molar-refractivity contribution in [2.45, 2.75) is 19.4 Å². The largest absolute Gasteiger partial charge is 0.333 e. The average molecular weight is 401 g/mol. The lowest BCUT2D eigenvalue weighted by Gasteiger charge is -2.30. The van der Waals surface area contributed by atoms with Crippen molar-refractivity contribution in [3.8, 4) is 0 Å². The molecule has 148 valence electrons. The van der Waals surface area contributed by atoms with Gasteiger partial charge in [0.1, 0.15) is 0 Å². The van der Waals surface area contributed by atoms with Gasteiger partial charge in [0.05, 0.1) is 13.1 Å². The molecule has 0 spiro atoms. The Balaban J connectivity index is 1.34. The highest BCUT2D eigenvalue weighted by Crippen LogP contribution is 2.19. The van der Waals surface area contributed by atoms with Crippen molar-refractivity contribution in [3.05, 3.63) is 52.7 Å². The number of rotatable bonds is 6. The number of imide groups is 1. The number of carbonyl (C=O) groups is 3. The topological polar surface area (TPSA) is 90.5 Å². The molecule has 1 fully saturated rings. The Labute approximate surface area is 168 Å². The summed E-state index contributed by atoms with van der Waals surface area (Å²) < 4.78 is 0. The molecule has 0 radical (unpaired) electrons. The third-order valence-corrected chi connectivity index (χ3v) is 5.50. The minimum absolute atomic E-state index is 0.0169. The highest BCUT2D eigenvalue weighted by molar-refractivity contribution is 7.09. The van der Waals surface area contributed by atoms with Gasteiger partial charge in [0.25, 0.3) is 0 Å². The predicted molar refractivity (Wildman–Crippen MR) is 109 cm³/mol. The molecule has 1 aromatic carbocycles. The molecule has 0 atom stereocenters. The van der Waals surface area contributed by atoms with Crippen molar-refractivity contribution < 1.29 is 14.4 Å². The molecule has 1 aliphatic heterocycles. The maximum absolute atomic E-state index is 12.4. The Kier molecular flexibility index (Phi) is 7.16. The standard InChI is InChI=1S/C20H24N4O3S/c25-18(23-20(27)21-13-17-7-4-12-28-17)14-24-10-8-15(9-11-24)19(26)22-16-5-2-1-3-6-16/h1-7,12,15H,8-11,13-14H2,(H,22,26)(H2,21,23,25,27). The summed E-state index contributed by atoms with van der Waals surface area (Å²) in [4.78, 5) is 39.2. The number of hydrogen-bond acceptors (Lipinski definition) is 5. The fourth-order valence-electron chi connectivity index (χ4n) is 3.11. The van der Waals surface area contributed by atoms with E-state index in [0.29, 0.717) is 32.5 Å². The molecule has 2 heterocycles. The molecular formula is C20H24N4O3S. The maximum atomic E-state index is 12.4. The quantitative estimate of drug-likeness (QED) is 0.695. The van der Waals surface area contributed by atoms with Gasteiger partial charge >= 0.3 is 6.03 Å². The second kappa shape index (κ2) is 10.0. The fourth-order valence-corrected chi connectivity index (χ4v) is 3.76. The van der Waals surface area contributed by atoms with Crippen molar-refractivity contribution in [1.29, 1.82) is 0 Å². The molecule has 8 heteroatoms. The summed E-state index contributed by atoms with van der Waals surface area (Å²) in [5.74, 6) is -0.382. The van der Waals surface area contributed by atoms with Crippen LogP contribution in [0.15, 0.2) is 47.8 Å². The van der Waals surface area contributed by atoms with Gasteiger partial charge in [-0.15, -0.1) is 11.3 Å². The van der Waals surface area contributed by atoms with Crippen LogP contribution in [0.5, 0.6) is 0 Å². The highest BCUT2D eigenvalue weighted by Gasteiger charge is 2.26. The fraction of sp³-hybridized carbons (Fsp3) is 0.350. The van der Waals surface area contributed by atoms with Crippen molar-refractivity contribution in [3.63, 3.8) is 0 Å². The number of urea groups is 1. The first-order valence-electron chi connectivity index (χ1n) is 9.28. The van der Waals surface area contributed by atoms with E-state index in [1.54, 1.807) is 11.3 Å². The van der Waals surface area contributed by atoms with Crippen LogP contribution in [0.1, 0.15) is 17.7 Å². The van der Waals surface area contributed by atoms with Crippen LogP contribution in [-0.2, 0) is 16.1 Å². The van der Waals surface area contributed by atoms with E-state index in [1.807, 2.05) is 52.7 Å². The van der Waals surface area contributed by atoms with Gasteiger partial charge in [0.15, 0.2) is 0 Å². The van der Waals surface area contributed by atoms with Gasteiger partial charge in [0, 0.05) is 16.5 Å². The van der Waals surface area contributed by atoms with Gasteiger partial charge in [-0.3, -0.25) is 19.8 Å². The average Bonchev–Trinajstić information content (AvgIpc) is 3.21. The normalized spacial score (nSPS) is 15.0. The Bertz CT molecular complexity index is 787. The summed E-state index contributed by atoms with van der Waals surface area (Å²) in [5.41, 5.74) is 0.794. The van der Waals surface area contributed by atoms with Crippen molar-refractivity contribution in [1.82, 2.24) is 15.5 Å². The van der Waals surface area contributed by atoms with E-state index in [4.69, 9.17) is 0 Å². The molecule has 1 aromatic heterocycles. The first-order valence-corrected chi connectivity index (χ1v) is 10.2. The molecule has 28 heavy (non-hydrogen) atoms. The number of thiophene rings is 1. The van der Waals surface area contributed by atoms with Crippen LogP contribution in [-0.4, -0.2) is 42.4 Å². The van der Waals surface area contributed by atoms with Gasteiger partial charge < -0.3 is 10.6 Å². The smallest absolute Gasteiger partial charge is 0.321 e. The monoisotopic (exact) mass is 400 g/mol. The third kappa shape index (κ3) is 6.17. The number of amides is 4. The SMILES string of the molecule is O=C(CN1CCC(C(=O)Nc2ccccc2)CC1)NC(=O)NCc1cccs1. The van der Waals surface area contributed by atoms with Crippen LogP contribution in [0.3, 0.4) is 0 Å². The maximum Gasteiger partial charge on any atom is 0.321 e. The van der Waals surface area contributed by atoms with E-state index < -0.39 is 6.03 Å². The Morgan fingerprint density at radius 1 is 1.04 bits per heavy atom. The first kappa shape index (κ1) is 20.0. The number of anilines is 1. The summed E-state index contributed by atoms with van der Waals surface area (Å²) in [5, 5.41) is 9.88. The van der Waals surface area contributed by atoms with Crippen LogP contribution >= 0.6 is 11.3 Å². The zero-order chi connectivity index (χ0) is 19.8. The van der Waals surface area contributed by atoms with Crippen LogP contribution in [0.2, 0.25) is 0 Å². The minimum Gasteiger partial charge on any atom is -0.333 e. The molecule has 4 amide bonds. The van der Waals surface area contributed by atoms with E-state index in [-0.39, 0.29) is 24.3 Å². The van der Waals surface area contributed by atoms with Crippen LogP contribution < -0.4 is 16.0 Å². The first-order chi connectivity index (χ1) is 13.6. The third-order valence-electron chi connectivity index (χ3n) is 4.62. The lowest BCUT2D eigenvalue weighted by atomic mass is 9.96. The Morgan fingerprint density at radius 2 is 1.79 bits per heavy atom. The van der Waals surface area contributed by atoms with Crippen LogP contribution in [0.25, 0.3) is 0 Å². The van der Waals surface area contributed by atoms with Crippen molar-refractivity contribution in [2.24, 2.45) is 5.92 Å². The zero-order valence-electron chi connectivity index (χ0n) is 15.5. The molecule has 0 unspecified atom stereocenters. The number of hydrogen-bond donors (Lipinski definition) is 3. The number of nitrogens with one attached hydrogen (secondary N) is 3. The summed E-state index contributed by atoms with van der Waals surface area (Å²) in [6, 6.07) is 12.7. The summed E-state index contributed by atoms with van der Waals surface area (Å²) in [6.07, 6.45) is 1.38. The number of benzene rings is 1. The zero-order valence-corrected chi connectivity index (χ0v) is 16.3. The number of carbonyl (C=O) groups excluding carboxylic acids is 3. The molecule has 2 aromatic rings. The Morgan fingerprint density at radius 3 is 2.46 bits per heavy atom. The second-order valence-corrected chi connectivity index (χ2v) is 7.75. The molecule has 3 N–H and O–H groups in total. The lowest BCUT2D eigenvalue weighted by Crippen LogP contribution is -2.46. The van der Waals surface area contributed by atoms with Gasteiger partial charge in [-0.05, 0) is 49.5 Å². The number of likely N-dealkylation sites (tertiary alicyclic amines) is 1. The molecule has 3 rings (SSSR count). The van der Waals surface area contributed by atoms with E-state index in [2.05, 4.69) is 16.0 Å². The molecule has 0 bridgehead atoms. The van der Waals surface area contributed by atoms with E-state index in [9.17, 15) is 14.4 Å². The molecule has 1 saturated heterocycles. The Hall–Kier alpha value is -2.71. The van der Waals surface area contributed by atoms with Crippen molar-refractivity contribution in [2.75, 3.05) is 25.0 Å². The van der Waals surface area contributed by atoms with Crippen LogP contribution in [0, 0.1) is 5.92 Å². The van der Waals surface area contributed by atoms with Gasteiger partial charge in [-0.1, -0.05) is 24.3 Å². The number of para-hydroxylation sites is 1. The van der Waals surface area contributed by atoms with E-state index >= 15 is 0 Å². The summed E-state index contributed by atoms with van der Waals surface area (Å²) in [7, 11) is 0. The molecule has 1 aliphatic rings. The van der Waals surface area contributed by atoms with E-state index in [0.717, 1.165) is 10.6 Å². The van der Waals surface area contributed by atoms with Gasteiger partial charge in [0.2, 0.25) is 11.8 Å². The number of piperidine rings is 1. The molecule has 0 aliphatic carbocycles. The summed E-state index contributed by atoms with van der Waals surface area (Å²) >= 11 is 1.55.